The van der Waals surface area contributed by atoms with Gasteiger partial charge in [-0.25, -0.2) is 9.25 Å². The molecule has 72 heavy (non-hydrogen) atoms. The van der Waals surface area contributed by atoms with Crippen molar-refractivity contribution in [3.05, 3.63) is 52.2 Å². The molecule has 5 saturated carbocycles. The first kappa shape index (κ1) is 52.9. The van der Waals surface area contributed by atoms with Gasteiger partial charge in [0.25, 0.3) is 5.91 Å². The predicted octanol–water partition coefficient (Wildman–Crippen LogP) is 9.16. The van der Waals surface area contributed by atoms with Crippen molar-refractivity contribution in [2.75, 3.05) is 27.3 Å². The van der Waals surface area contributed by atoms with Crippen LogP contribution in [0, 0.1) is 62.6 Å². The molecule has 18 heteroatoms. The van der Waals surface area contributed by atoms with Crippen LogP contribution in [-0.2, 0) is 48.8 Å². The Labute approximate surface area is 428 Å². The lowest BCUT2D eigenvalue weighted by atomic mass is 9.33. The van der Waals surface area contributed by atoms with Gasteiger partial charge in [0.1, 0.15) is 17.3 Å². The summed E-state index contributed by atoms with van der Waals surface area (Å²) in [5.74, 6) is -2.37. The van der Waals surface area contributed by atoms with Crippen molar-refractivity contribution in [2.45, 2.75) is 150 Å². The van der Waals surface area contributed by atoms with Crippen molar-refractivity contribution in [3.8, 4) is 11.3 Å². The van der Waals surface area contributed by atoms with Crippen molar-refractivity contribution in [1.82, 2.24) is 25.7 Å². The lowest BCUT2D eigenvalue weighted by Gasteiger charge is -2.72. The maximum absolute atomic E-state index is 15.1. The number of hydrogen-bond donors (Lipinski definition) is 4. The molecule has 4 N–H and O–H groups in total. The number of ketones is 1. The topological polar surface area (TPSA) is 213 Å². The Morgan fingerprint density at radius 1 is 0.875 bits per heavy atom. The van der Waals surface area contributed by atoms with Crippen molar-refractivity contribution >= 4 is 49.0 Å². The van der Waals surface area contributed by atoms with E-state index >= 15 is 4.79 Å². The van der Waals surface area contributed by atoms with Crippen LogP contribution in [0.5, 0.6) is 0 Å². The van der Waals surface area contributed by atoms with E-state index in [1.165, 1.54) is 18.9 Å². The monoisotopic (exact) mass is 1040 g/mol. The van der Waals surface area contributed by atoms with Crippen LogP contribution < -0.4 is 16.0 Å². The van der Waals surface area contributed by atoms with Crippen LogP contribution >= 0.6 is 19.4 Å². The number of nitrogens with zero attached hydrogens (tertiary/aromatic N) is 2. The van der Waals surface area contributed by atoms with E-state index in [9.17, 15) is 28.8 Å². The summed E-state index contributed by atoms with van der Waals surface area (Å²) in [7, 11) is -1.60. The molecule has 2 amide bonds. The number of carbonyl (C=O) groups excluding carboxylic acids is 4. The van der Waals surface area contributed by atoms with Gasteiger partial charge >= 0.3 is 19.8 Å². The molecule has 0 spiro atoms. The highest BCUT2D eigenvalue weighted by Gasteiger charge is 2.71. The fourth-order valence-electron chi connectivity index (χ4n) is 16.0. The van der Waals surface area contributed by atoms with Crippen LogP contribution in [0.25, 0.3) is 11.3 Å². The first-order valence-electron chi connectivity index (χ1n) is 25.9. The number of amides is 2. The van der Waals surface area contributed by atoms with Crippen LogP contribution in [0.3, 0.4) is 0 Å². The van der Waals surface area contributed by atoms with Crippen LogP contribution in [0.1, 0.15) is 137 Å². The average Bonchev–Trinajstić information content (AvgIpc) is 3.86. The zero-order valence-electron chi connectivity index (χ0n) is 43.9. The number of nitrogens with one attached hydrogen (secondary N) is 3. The molecule has 2 heterocycles. The normalized spacial score (nSPS) is 35.2. The number of allylic oxidation sites excluding steroid dienone is 1. The number of phosphoric ester groups is 1. The van der Waals surface area contributed by atoms with Gasteiger partial charge < -0.3 is 25.8 Å². The quantitative estimate of drug-likeness (QED) is 0.103. The van der Waals surface area contributed by atoms with E-state index in [2.05, 4.69) is 69.5 Å². The van der Waals surface area contributed by atoms with Gasteiger partial charge in [-0.05, 0) is 132 Å². The average molecular weight is 1040 g/mol. The maximum Gasteiger partial charge on any atom is 0.476 e. The van der Waals surface area contributed by atoms with Gasteiger partial charge in [-0.15, -0.1) is 0 Å². The zero-order valence-corrected chi connectivity index (χ0v) is 45.5. The summed E-state index contributed by atoms with van der Waals surface area (Å²) in [4.78, 5) is 69.7. The molecule has 1 aliphatic heterocycles. The lowest BCUT2D eigenvalue weighted by Crippen LogP contribution is -2.77. The zero-order chi connectivity index (χ0) is 52.4. The van der Waals surface area contributed by atoms with Crippen LogP contribution in [0.4, 0.5) is 0 Å². The highest BCUT2D eigenvalue weighted by atomic mass is 35.5. The molecule has 1 saturated heterocycles. The molecule has 7 aliphatic rings. The summed E-state index contributed by atoms with van der Waals surface area (Å²) in [5, 5.41) is 24.6. The molecule has 1 aromatic carbocycles. The molecule has 394 valence electrons. The Balaban J connectivity index is 0.962. The number of ether oxygens (including phenoxy) is 1. The number of aliphatic carboxylic acids is 1. The highest BCUT2D eigenvalue weighted by molar-refractivity contribution is 7.48. The van der Waals surface area contributed by atoms with Crippen LogP contribution in [0.15, 0.2) is 41.5 Å². The Hall–Kier alpha value is -3.92. The van der Waals surface area contributed by atoms with Gasteiger partial charge in [0, 0.05) is 49.7 Å². The predicted molar refractivity (Wildman–Crippen MR) is 269 cm³/mol. The highest BCUT2D eigenvalue weighted by Crippen LogP contribution is 2.76. The molecule has 6 aliphatic carbocycles. The number of Topliss-reactive ketones (excluding diaryl/α,β-unsaturated/α-hetero) is 1. The second-order valence-corrected chi connectivity index (χ2v) is 27.0. The van der Waals surface area contributed by atoms with E-state index in [1.54, 1.807) is 30.3 Å². The summed E-state index contributed by atoms with van der Waals surface area (Å²) >= 11 is 6.17. The van der Waals surface area contributed by atoms with Crippen molar-refractivity contribution in [2.24, 2.45) is 62.6 Å². The van der Waals surface area contributed by atoms with E-state index in [0.29, 0.717) is 41.0 Å². The Bertz CT molecular complexity index is 2640. The largest absolute Gasteiger partial charge is 0.481 e. The fraction of sp³-hybridized carbons (Fsp3) is 0.704. The van der Waals surface area contributed by atoms with Crippen molar-refractivity contribution < 1.29 is 52.0 Å². The van der Waals surface area contributed by atoms with Gasteiger partial charge in [0.15, 0.2) is 12.5 Å². The summed E-state index contributed by atoms with van der Waals surface area (Å²) in [5.41, 5.74) is -0.536. The molecular formula is C54H75ClN5O11P. The van der Waals surface area contributed by atoms with Gasteiger partial charge in [-0.3, -0.25) is 37.5 Å². The van der Waals surface area contributed by atoms with E-state index < -0.39 is 54.8 Å². The number of fused-ring (bicyclic) bond motifs is 7. The number of rotatable bonds is 14. The second-order valence-electron chi connectivity index (χ2n) is 24.7. The van der Waals surface area contributed by atoms with E-state index in [-0.39, 0.29) is 82.5 Å². The summed E-state index contributed by atoms with van der Waals surface area (Å²) in [6, 6.07) is 8.49. The fourth-order valence-corrected chi connectivity index (χ4v) is 16.7. The van der Waals surface area contributed by atoms with Gasteiger partial charge in [-0.1, -0.05) is 86.0 Å². The number of carboxylic acid groups (broad SMARTS) is 1. The third-order valence-electron chi connectivity index (χ3n) is 20.4. The minimum atomic E-state index is -3.97. The number of carboxylic acids is 1. The standard InChI is InChI=1S/C54H75ClN5O11P/c1-30(2)42-38(61)26-53(58-47(66)54(27-56-28-54)57-44(62)37-25-36(31-12-14-32(55)15-13-31)59-60(37)29-70-72(67,68-10)69-11)23-22-51(8)33(43(42)53)16-17-40-50(7)20-19-41(49(5,6)39(50)18-21-52(40,51)9)71-46(65)35-24-34(45(63)64)48(35,3)4/h12-15,25,30,33-35,39-41,56H,16-24,26-29H2,1-11H3,(H,57,62)(H,58,66)(H,63,64)/t33-,34+,35-,39+,40-,41+,50+,51-,52-,53-/m1/s1. The molecule has 1 aromatic heterocycles. The molecule has 0 unspecified atom stereocenters. The van der Waals surface area contributed by atoms with E-state index in [1.807, 2.05) is 13.8 Å². The molecule has 6 fully saturated rings. The smallest absolute Gasteiger partial charge is 0.476 e. The first-order valence-corrected chi connectivity index (χ1v) is 27.8. The molecule has 2 aromatic rings. The Kier molecular flexibility index (Phi) is 13.3. The Morgan fingerprint density at radius 3 is 2.15 bits per heavy atom. The molecule has 16 nitrogen and oxygen atoms in total. The third kappa shape index (κ3) is 8.08. The van der Waals surface area contributed by atoms with Crippen LogP contribution in [-0.4, -0.2) is 88.9 Å². The van der Waals surface area contributed by atoms with Crippen LogP contribution in [0.2, 0.25) is 5.02 Å². The van der Waals surface area contributed by atoms with Gasteiger partial charge in [0.05, 0.1) is 23.1 Å². The summed E-state index contributed by atoms with van der Waals surface area (Å²) in [6.07, 6.45) is 7.07. The first-order chi connectivity index (χ1) is 33.7. The number of aromatic nitrogens is 2. The number of halogens is 1. The second kappa shape index (κ2) is 18.1. The third-order valence-corrected chi connectivity index (χ3v) is 22.0. The lowest BCUT2D eigenvalue weighted by molar-refractivity contribution is -0.235. The number of carbonyl (C=O) groups is 5. The van der Waals surface area contributed by atoms with Crippen molar-refractivity contribution in [1.29, 1.82) is 0 Å². The summed E-state index contributed by atoms with van der Waals surface area (Å²) in [6.45, 7) is 19.7. The minimum absolute atomic E-state index is 0.0346. The van der Waals surface area contributed by atoms with E-state index in [0.717, 1.165) is 56.1 Å². The maximum atomic E-state index is 15.1. The molecule has 9 rings (SSSR count). The SMILES string of the molecule is COP(=O)(OC)OCn1nc(-c2ccc(Cl)cc2)cc1C(=O)NC1(C(=O)N[C@@]23CC[C@]4(C)[C@H](CC[C@@H]5[C@@]6(C)CC[C@H](OC(=O)[C@H]7C[C@@H](C(=O)O)C7(C)C)C(C)(C)[C@@H]6CC[C@]54C)C2=C(C(C)C)C(=O)C3)CNC1. The van der Waals surface area contributed by atoms with Crippen molar-refractivity contribution in [3.63, 3.8) is 0 Å². The van der Waals surface area contributed by atoms with Gasteiger partial charge in [0.2, 0.25) is 5.91 Å². The summed E-state index contributed by atoms with van der Waals surface area (Å²) < 4.78 is 36.0. The molecule has 0 bridgehead atoms. The molecule has 10 atom stereocenters. The molecular weight excluding hydrogens is 961 g/mol. The number of hydrogen-bond acceptors (Lipinski definition) is 12. The number of esters is 1. The number of benzene rings is 1. The number of phosphoric acid groups is 1. The Morgan fingerprint density at radius 2 is 1.56 bits per heavy atom. The van der Waals surface area contributed by atoms with Gasteiger partial charge in [-0.2, -0.15) is 5.10 Å². The molecule has 0 radical (unpaired) electrons. The van der Waals surface area contributed by atoms with E-state index in [4.69, 9.17) is 29.9 Å². The minimum Gasteiger partial charge on any atom is -0.481 e.